The lowest BCUT2D eigenvalue weighted by Gasteiger charge is -2.35. The normalized spacial score (nSPS) is 13.9. The SMILES string of the molecule is O=C(Nc1cc(N2CCN(Cc3ccccc3)CC2)ncn1)c1c[nH]c(=O)n(-c2ccc(F)cc2)c1=O. The van der Waals surface area contributed by atoms with Crippen LogP contribution in [-0.4, -0.2) is 56.5 Å². The molecule has 0 atom stereocenters. The number of carbonyl (C=O) groups excluding carboxylic acids is 1. The standard InChI is InChI=1S/C26H24FN7O3/c27-19-6-8-20(9-7-19)34-25(36)21(15-28-26(34)37)24(35)31-22-14-23(30-17-29-22)33-12-10-32(11-13-33)16-18-4-2-1-3-5-18/h1-9,14-15,17H,10-13,16H2,(H,28,37)(H,29,30,31,35). The highest BCUT2D eigenvalue weighted by Gasteiger charge is 2.20. The molecule has 2 aromatic heterocycles. The first kappa shape index (κ1) is 24.1. The number of nitrogens with zero attached hydrogens (tertiary/aromatic N) is 5. The van der Waals surface area contributed by atoms with Gasteiger partial charge in [-0.15, -0.1) is 0 Å². The maximum atomic E-state index is 13.3. The summed E-state index contributed by atoms with van der Waals surface area (Å²) in [7, 11) is 0. The monoisotopic (exact) mass is 501 g/mol. The van der Waals surface area contributed by atoms with E-state index in [9.17, 15) is 18.8 Å². The van der Waals surface area contributed by atoms with Gasteiger partial charge in [-0.3, -0.25) is 14.5 Å². The Morgan fingerprint density at radius 1 is 0.973 bits per heavy atom. The number of aromatic nitrogens is 4. The number of nitrogens with one attached hydrogen (secondary N) is 2. The molecule has 1 aliphatic rings. The zero-order valence-electron chi connectivity index (χ0n) is 19.8. The molecule has 3 heterocycles. The molecule has 0 saturated carbocycles. The molecular weight excluding hydrogens is 477 g/mol. The summed E-state index contributed by atoms with van der Waals surface area (Å²) >= 11 is 0. The summed E-state index contributed by atoms with van der Waals surface area (Å²) in [5, 5.41) is 2.60. The predicted molar refractivity (Wildman–Crippen MR) is 137 cm³/mol. The van der Waals surface area contributed by atoms with E-state index in [-0.39, 0.29) is 17.1 Å². The zero-order valence-corrected chi connectivity index (χ0v) is 19.8. The summed E-state index contributed by atoms with van der Waals surface area (Å²) in [6.45, 7) is 4.13. The third-order valence-electron chi connectivity index (χ3n) is 6.15. The molecule has 0 aliphatic carbocycles. The Balaban J connectivity index is 1.28. The third kappa shape index (κ3) is 5.46. The lowest BCUT2D eigenvalue weighted by Crippen LogP contribution is -2.46. The minimum absolute atomic E-state index is 0.137. The van der Waals surface area contributed by atoms with Crippen LogP contribution in [0.25, 0.3) is 5.69 Å². The van der Waals surface area contributed by atoms with E-state index in [0.29, 0.717) is 5.82 Å². The number of carbonyl (C=O) groups is 1. The molecule has 0 bridgehead atoms. The first-order valence-corrected chi connectivity index (χ1v) is 11.7. The molecule has 10 nitrogen and oxygen atoms in total. The molecular formula is C26H24FN7O3. The van der Waals surface area contributed by atoms with Gasteiger partial charge in [-0.2, -0.15) is 0 Å². The maximum absolute atomic E-state index is 13.3. The van der Waals surface area contributed by atoms with Crippen molar-refractivity contribution in [1.82, 2.24) is 24.4 Å². The molecule has 1 amide bonds. The highest BCUT2D eigenvalue weighted by Crippen LogP contribution is 2.18. The van der Waals surface area contributed by atoms with Gasteiger partial charge in [-0.25, -0.2) is 23.7 Å². The Bertz CT molecular complexity index is 1510. The van der Waals surface area contributed by atoms with Gasteiger partial charge in [0.1, 0.15) is 29.3 Å². The van der Waals surface area contributed by atoms with E-state index >= 15 is 0 Å². The Morgan fingerprint density at radius 2 is 1.70 bits per heavy atom. The van der Waals surface area contributed by atoms with Gasteiger partial charge < -0.3 is 15.2 Å². The molecule has 0 radical (unpaired) electrons. The number of halogens is 1. The van der Waals surface area contributed by atoms with Gasteiger partial charge in [0.25, 0.3) is 11.5 Å². The third-order valence-corrected chi connectivity index (χ3v) is 6.15. The fourth-order valence-electron chi connectivity index (χ4n) is 4.21. The minimum atomic E-state index is -0.836. The van der Waals surface area contributed by atoms with E-state index in [2.05, 4.69) is 42.2 Å². The molecule has 2 aromatic carbocycles. The van der Waals surface area contributed by atoms with Crippen LogP contribution >= 0.6 is 0 Å². The van der Waals surface area contributed by atoms with Gasteiger partial charge in [0.05, 0.1) is 5.69 Å². The van der Waals surface area contributed by atoms with E-state index in [4.69, 9.17) is 0 Å². The average molecular weight is 502 g/mol. The quantitative estimate of drug-likeness (QED) is 0.415. The van der Waals surface area contributed by atoms with Crippen LogP contribution in [0.5, 0.6) is 0 Å². The van der Waals surface area contributed by atoms with Crippen molar-refractivity contribution in [2.75, 3.05) is 36.4 Å². The second kappa shape index (κ2) is 10.5. The van der Waals surface area contributed by atoms with E-state index in [1.807, 2.05) is 18.2 Å². The predicted octanol–water partition coefficient (Wildman–Crippen LogP) is 2.03. The summed E-state index contributed by atoms with van der Waals surface area (Å²) in [6, 6.07) is 16.8. The molecule has 0 spiro atoms. The Labute approximate surface area is 211 Å². The zero-order chi connectivity index (χ0) is 25.8. The lowest BCUT2D eigenvalue weighted by molar-refractivity contribution is 0.102. The van der Waals surface area contributed by atoms with Gasteiger partial charge in [-0.05, 0) is 29.8 Å². The first-order valence-electron chi connectivity index (χ1n) is 11.7. The number of amides is 1. The van der Waals surface area contributed by atoms with Crippen molar-refractivity contribution in [3.8, 4) is 5.69 Å². The van der Waals surface area contributed by atoms with Gasteiger partial charge >= 0.3 is 5.69 Å². The summed E-state index contributed by atoms with van der Waals surface area (Å²) in [6.07, 6.45) is 2.40. The highest BCUT2D eigenvalue weighted by atomic mass is 19.1. The van der Waals surface area contributed by atoms with Crippen molar-refractivity contribution in [3.63, 3.8) is 0 Å². The molecule has 4 aromatic rings. The molecule has 2 N–H and O–H groups in total. The van der Waals surface area contributed by atoms with Crippen LogP contribution in [-0.2, 0) is 6.54 Å². The van der Waals surface area contributed by atoms with Crippen LogP contribution in [0.3, 0.4) is 0 Å². The van der Waals surface area contributed by atoms with Crippen molar-refractivity contribution < 1.29 is 9.18 Å². The van der Waals surface area contributed by atoms with Crippen molar-refractivity contribution in [2.24, 2.45) is 0 Å². The van der Waals surface area contributed by atoms with Gasteiger partial charge in [0, 0.05) is 45.0 Å². The molecule has 0 unspecified atom stereocenters. The number of hydrogen-bond donors (Lipinski definition) is 2. The summed E-state index contributed by atoms with van der Waals surface area (Å²) in [4.78, 5) is 53.4. The number of benzene rings is 2. The lowest BCUT2D eigenvalue weighted by atomic mass is 10.2. The summed E-state index contributed by atoms with van der Waals surface area (Å²) in [5.41, 5.74) is -0.471. The second-order valence-electron chi connectivity index (χ2n) is 8.59. The van der Waals surface area contributed by atoms with E-state index < -0.39 is 23.0 Å². The van der Waals surface area contributed by atoms with Gasteiger partial charge in [0.2, 0.25) is 0 Å². The minimum Gasteiger partial charge on any atom is -0.354 e. The number of aromatic amines is 1. The Kier molecular flexibility index (Phi) is 6.86. The van der Waals surface area contributed by atoms with Crippen LogP contribution < -0.4 is 21.5 Å². The second-order valence-corrected chi connectivity index (χ2v) is 8.59. The summed E-state index contributed by atoms with van der Waals surface area (Å²) < 4.78 is 14.0. The summed E-state index contributed by atoms with van der Waals surface area (Å²) in [5.74, 6) is -0.371. The molecule has 188 valence electrons. The van der Waals surface area contributed by atoms with E-state index in [0.717, 1.165) is 55.6 Å². The molecule has 1 fully saturated rings. The number of rotatable bonds is 6. The fourth-order valence-corrected chi connectivity index (χ4v) is 4.21. The number of anilines is 2. The largest absolute Gasteiger partial charge is 0.354 e. The molecule has 5 rings (SSSR count). The number of hydrogen-bond acceptors (Lipinski definition) is 7. The highest BCUT2D eigenvalue weighted by molar-refractivity contribution is 6.03. The topological polar surface area (TPSA) is 116 Å². The Hall–Kier alpha value is -4.64. The number of H-pyrrole nitrogens is 1. The van der Waals surface area contributed by atoms with Crippen LogP contribution in [0.15, 0.2) is 82.8 Å². The van der Waals surface area contributed by atoms with Crippen molar-refractivity contribution >= 4 is 17.5 Å². The van der Waals surface area contributed by atoms with Gasteiger partial charge in [-0.1, -0.05) is 30.3 Å². The van der Waals surface area contributed by atoms with Crippen molar-refractivity contribution in [3.05, 3.63) is 111 Å². The fraction of sp³-hybridized carbons (Fsp3) is 0.192. The Morgan fingerprint density at radius 3 is 2.43 bits per heavy atom. The average Bonchev–Trinajstić information content (AvgIpc) is 2.91. The van der Waals surface area contributed by atoms with Crippen LogP contribution in [0.4, 0.5) is 16.0 Å². The molecule has 1 aliphatic heterocycles. The van der Waals surface area contributed by atoms with E-state index in [1.54, 1.807) is 6.07 Å². The van der Waals surface area contributed by atoms with Gasteiger partial charge in [0.15, 0.2) is 0 Å². The number of piperazine rings is 1. The van der Waals surface area contributed by atoms with Crippen LogP contribution in [0.1, 0.15) is 15.9 Å². The smallest absolute Gasteiger partial charge is 0.333 e. The van der Waals surface area contributed by atoms with Crippen molar-refractivity contribution in [1.29, 1.82) is 0 Å². The first-order chi connectivity index (χ1) is 18.0. The molecule has 37 heavy (non-hydrogen) atoms. The maximum Gasteiger partial charge on any atom is 0.333 e. The van der Waals surface area contributed by atoms with Crippen molar-refractivity contribution in [2.45, 2.75) is 6.54 Å². The molecule has 1 saturated heterocycles. The van der Waals surface area contributed by atoms with Crippen LogP contribution in [0, 0.1) is 5.82 Å². The molecule has 11 heteroatoms. The van der Waals surface area contributed by atoms with Crippen LogP contribution in [0.2, 0.25) is 0 Å². The van der Waals surface area contributed by atoms with E-state index in [1.165, 1.54) is 24.0 Å².